The maximum absolute atomic E-state index is 6.20. The largest absolute Gasteiger partial charge is 0.348 e. The molecule has 108 valence electrons. The highest BCUT2D eigenvalue weighted by Gasteiger charge is 2.28. The number of nitrogens with two attached hydrogens (primary N) is 1. The Kier molecular flexibility index (Phi) is 3.84. The average Bonchev–Trinajstić information content (AvgIpc) is 2.75. The van der Waals surface area contributed by atoms with Gasteiger partial charge in [0.15, 0.2) is 0 Å². The van der Waals surface area contributed by atoms with Crippen LogP contribution in [0.2, 0.25) is 0 Å². The summed E-state index contributed by atoms with van der Waals surface area (Å²) in [6, 6.07) is 8.77. The summed E-state index contributed by atoms with van der Waals surface area (Å²) in [5, 5.41) is 1.41. The Bertz CT molecular complexity index is 591. The first-order valence-electron chi connectivity index (χ1n) is 7.98. The van der Waals surface area contributed by atoms with Crippen molar-refractivity contribution in [3.63, 3.8) is 0 Å². The molecular weight excluding hydrogens is 244 g/mol. The predicted molar refractivity (Wildman–Crippen MR) is 86.0 cm³/mol. The maximum atomic E-state index is 6.20. The molecule has 2 heteroatoms. The molecule has 0 spiro atoms. The third-order valence-corrected chi connectivity index (χ3v) is 5.29. The predicted octanol–water partition coefficient (Wildman–Crippen LogP) is 4.11. The molecule has 0 radical (unpaired) electrons. The van der Waals surface area contributed by atoms with Gasteiger partial charge in [-0.05, 0) is 43.9 Å². The summed E-state index contributed by atoms with van der Waals surface area (Å²) < 4.78 is 2.33. The first-order valence-corrected chi connectivity index (χ1v) is 7.98. The second kappa shape index (κ2) is 5.61. The van der Waals surface area contributed by atoms with Crippen LogP contribution in [0.15, 0.2) is 24.3 Å². The molecule has 2 N–H and O–H groups in total. The highest BCUT2D eigenvalue weighted by molar-refractivity contribution is 5.86. The van der Waals surface area contributed by atoms with E-state index in [2.05, 4.69) is 42.8 Å². The summed E-state index contributed by atoms with van der Waals surface area (Å²) in [7, 11) is 2.18. The van der Waals surface area contributed by atoms with Gasteiger partial charge >= 0.3 is 0 Å². The quantitative estimate of drug-likeness (QED) is 0.894. The molecule has 1 aromatic carbocycles. The van der Waals surface area contributed by atoms with Crippen LogP contribution in [0.25, 0.3) is 10.9 Å². The van der Waals surface area contributed by atoms with Crippen molar-refractivity contribution in [1.29, 1.82) is 0 Å². The first-order chi connectivity index (χ1) is 9.74. The van der Waals surface area contributed by atoms with E-state index in [-0.39, 0.29) is 0 Å². The van der Waals surface area contributed by atoms with Crippen molar-refractivity contribution in [2.24, 2.45) is 18.7 Å². The molecule has 2 aromatic rings. The van der Waals surface area contributed by atoms with E-state index < -0.39 is 0 Å². The van der Waals surface area contributed by atoms with Crippen molar-refractivity contribution >= 4 is 10.9 Å². The van der Waals surface area contributed by atoms with Gasteiger partial charge in [-0.25, -0.2) is 0 Å². The third-order valence-electron chi connectivity index (χ3n) is 5.29. The zero-order valence-corrected chi connectivity index (χ0v) is 12.7. The van der Waals surface area contributed by atoms with Gasteiger partial charge in [-0.1, -0.05) is 37.5 Å². The molecule has 0 amide bonds. The number of aromatic nitrogens is 1. The zero-order chi connectivity index (χ0) is 14.1. The molecule has 1 aliphatic carbocycles. The van der Waals surface area contributed by atoms with E-state index in [4.69, 9.17) is 5.73 Å². The average molecular weight is 270 g/mol. The van der Waals surface area contributed by atoms with E-state index in [9.17, 15) is 0 Å². The molecule has 2 nitrogen and oxygen atoms in total. The van der Waals surface area contributed by atoms with Crippen LogP contribution >= 0.6 is 0 Å². The van der Waals surface area contributed by atoms with E-state index in [1.807, 2.05) is 0 Å². The minimum absolute atomic E-state index is 0.529. The second-order valence-corrected chi connectivity index (χ2v) is 6.32. The summed E-state index contributed by atoms with van der Waals surface area (Å²) in [6.45, 7) is 3.03. The van der Waals surface area contributed by atoms with Gasteiger partial charge in [0, 0.05) is 29.6 Å². The van der Waals surface area contributed by atoms with E-state index in [1.54, 1.807) is 0 Å². The van der Waals surface area contributed by atoms with Crippen LogP contribution in [-0.4, -0.2) is 11.1 Å². The summed E-state index contributed by atoms with van der Waals surface area (Å²) >= 11 is 0. The second-order valence-electron chi connectivity index (χ2n) is 6.32. The SMILES string of the molecule is Cc1c(C(CN)C2CCCCC2)c2ccccc2n1C. The summed E-state index contributed by atoms with van der Waals surface area (Å²) in [6.07, 6.45) is 6.87. The van der Waals surface area contributed by atoms with Crippen LogP contribution in [0, 0.1) is 12.8 Å². The molecule has 1 aromatic heterocycles. The summed E-state index contributed by atoms with van der Waals surface area (Å²) in [5.41, 5.74) is 10.4. The Morgan fingerprint density at radius 1 is 1.20 bits per heavy atom. The lowest BCUT2D eigenvalue weighted by Gasteiger charge is -2.30. The van der Waals surface area contributed by atoms with Crippen molar-refractivity contribution in [1.82, 2.24) is 4.57 Å². The topological polar surface area (TPSA) is 30.9 Å². The minimum Gasteiger partial charge on any atom is -0.348 e. The van der Waals surface area contributed by atoms with Crippen LogP contribution in [0.4, 0.5) is 0 Å². The molecule has 1 atom stereocenters. The fourth-order valence-corrected chi connectivity index (χ4v) is 4.10. The van der Waals surface area contributed by atoms with Gasteiger partial charge in [-0.15, -0.1) is 0 Å². The van der Waals surface area contributed by atoms with Crippen molar-refractivity contribution in [3.8, 4) is 0 Å². The summed E-state index contributed by atoms with van der Waals surface area (Å²) in [4.78, 5) is 0. The molecular formula is C18H26N2. The standard InChI is InChI=1S/C18H26N2/c1-13-18(15-10-6-7-11-17(15)20(13)2)16(12-19)14-8-4-3-5-9-14/h6-7,10-11,14,16H,3-5,8-9,12,19H2,1-2H3. The fraction of sp³-hybridized carbons (Fsp3) is 0.556. The zero-order valence-electron chi connectivity index (χ0n) is 12.7. The monoisotopic (exact) mass is 270 g/mol. The van der Waals surface area contributed by atoms with Crippen molar-refractivity contribution < 1.29 is 0 Å². The molecule has 0 saturated heterocycles. The molecule has 1 saturated carbocycles. The number of aryl methyl sites for hydroxylation is 1. The third kappa shape index (κ3) is 2.16. The number of hydrogen-bond donors (Lipinski definition) is 1. The van der Waals surface area contributed by atoms with E-state index in [1.165, 1.54) is 54.3 Å². The maximum Gasteiger partial charge on any atom is 0.0482 e. The highest BCUT2D eigenvalue weighted by atomic mass is 14.9. The molecule has 20 heavy (non-hydrogen) atoms. The number of hydrogen-bond acceptors (Lipinski definition) is 1. The Morgan fingerprint density at radius 3 is 2.60 bits per heavy atom. The smallest absolute Gasteiger partial charge is 0.0482 e. The van der Waals surface area contributed by atoms with Gasteiger partial charge in [-0.3, -0.25) is 0 Å². The van der Waals surface area contributed by atoms with E-state index in [0.717, 1.165) is 12.5 Å². The lowest BCUT2D eigenvalue weighted by molar-refractivity contribution is 0.307. The van der Waals surface area contributed by atoms with Gasteiger partial charge in [-0.2, -0.15) is 0 Å². The number of nitrogens with zero attached hydrogens (tertiary/aromatic N) is 1. The van der Waals surface area contributed by atoms with Gasteiger partial charge in [0.25, 0.3) is 0 Å². The molecule has 0 bridgehead atoms. The van der Waals surface area contributed by atoms with Gasteiger partial charge < -0.3 is 10.3 Å². The van der Waals surface area contributed by atoms with Crippen molar-refractivity contribution in [2.45, 2.75) is 44.9 Å². The highest BCUT2D eigenvalue weighted by Crippen LogP contribution is 2.40. The molecule has 1 aliphatic rings. The van der Waals surface area contributed by atoms with Crippen LogP contribution in [-0.2, 0) is 7.05 Å². The Morgan fingerprint density at radius 2 is 1.90 bits per heavy atom. The van der Waals surface area contributed by atoms with Crippen LogP contribution in [0.1, 0.15) is 49.3 Å². The van der Waals surface area contributed by atoms with Crippen molar-refractivity contribution in [3.05, 3.63) is 35.5 Å². The van der Waals surface area contributed by atoms with Gasteiger partial charge in [0.05, 0.1) is 0 Å². The number of fused-ring (bicyclic) bond motifs is 1. The van der Waals surface area contributed by atoms with Crippen LogP contribution in [0.3, 0.4) is 0 Å². The fourth-order valence-electron chi connectivity index (χ4n) is 4.10. The normalized spacial score (nSPS) is 18.6. The Labute approximate surface area is 122 Å². The molecule has 1 fully saturated rings. The van der Waals surface area contributed by atoms with E-state index in [0.29, 0.717) is 5.92 Å². The lowest BCUT2D eigenvalue weighted by atomic mass is 9.76. The molecule has 1 heterocycles. The minimum atomic E-state index is 0.529. The van der Waals surface area contributed by atoms with E-state index >= 15 is 0 Å². The molecule has 0 aliphatic heterocycles. The van der Waals surface area contributed by atoms with Crippen molar-refractivity contribution in [2.75, 3.05) is 6.54 Å². The van der Waals surface area contributed by atoms with Crippen LogP contribution < -0.4 is 5.73 Å². The van der Waals surface area contributed by atoms with Gasteiger partial charge in [0.2, 0.25) is 0 Å². The van der Waals surface area contributed by atoms with Crippen LogP contribution in [0.5, 0.6) is 0 Å². The Balaban J connectivity index is 2.09. The van der Waals surface area contributed by atoms with Gasteiger partial charge in [0.1, 0.15) is 0 Å². The number of rotatable bonds is 3. The number of benzene rings is 1. The summed E-state index contributed by atoms with van der Waals surface area (Å²) in [5.74, 6) is 1.31. The molecule has 1 unspecified atom stereocenters. The first kappa shape index (κ1) is 13.7. The lowest BCUT2D eigenvalue weighted by Crippen LogP contribution is -2.24. The molecule has 3 rings (SSSR count). The number of para-hydroxylation sites is 1. The Hall–Kier alpha value is -1.28.